The maximum atomic E-state index is 7.27. The number of benzene rings is 1. The van der Waals surface area contributed by atoms with Gasteiger partial charge >= 0.3 is 0 Å². The molecule has 0 aliphatic rings. The number of hydrogen-bond donors (Lipinski definition) is 0. The van der Waals surface area contributed by atoms with Crippen LogP contribution in [0, 0.1) is 0 Å². The molecule has 0 amide bonds. The fraction of sp³-hybridized carbons (Fsp3) is 0. The molecule has 2 rings (SSSR count). The lowest BCUT2D eigenvalue weighted by atomic mass is 10.2. The van der Waals surface area contributed by atoms with Gasteiger partial charge in [-0.05, 0) is 0 Å². The SMILES string of the molecule is [2H]c1nc(-c2ccccc2)cs1. The van der Waals surface area contributed by atoms with Crippen LogP contribution in [0.4, 0.5) is 0 Å². The van der Waals surface area contributed by atoms with E-state index in [1.807, 2.05) is 35.7 Å². The van der Waals surface area contributed by atoms with Crippen molar-refractivity contribution in [3.05, 3.63) is 41.2 Å². The zero-order valence-electron chi connectivity index (χ0n) is 6.82. The molecule has 1 aromatic heterocycles. The minimum Gasteiger partial charge on any atom is -0.245 e. The van der Waals surface area contributed by atoms with Crippen LogP contribution in [-0.2, 0) is 0 Å². The summed E-state index contributed by atoms with van der Waals surface area (Å²) in [5.41, 5.74) is 2.34. The minimum atomic E-state index is 0.369. The van der Waals surface area contributed by atoms with E-state index in [0.717, 1.165) is 11.3 Å². The highest BCUT2D eigenvalue weighted by Gasteiger charge is 1.95. The minimum absolute atomic E-state index is 0.369. The number of rotatable bonds is 1. The first-order valence-electron chi connectivity index (χ1n) is 3.84. The van der Waals surface area contributed by atoms with Crippen LogP contribution in [0.25, 0.3) is 11.3 Å². The molecule has 54 valence electrons. The number of nitrogens with zero attached hydrogens (tertiary/aromatic N) is 1. The van der Waals surface area contributed by atoms with E-state index in [4.69, 9.17) is 1.37 Å². The van der Waals surface area contributed by atoms with Gasteiger partial charge in [-0.1, -0.05) is 30.3 Å². The first-order valence-corrected chi connectivity index (χ1v) is 4.22. The quantitative estimate of drug-likeness (QED) is 0.628. The lowest BCUT2D eigenvalue weighted by Gasteiger charge is -1.92. The van der Waals surface area contributed by atoms with Gasteiger partial charge in [-0.15, -0.1) is 11.3 Å². The third-order valence-electron chi connectivity index (χ3n) is 1.46. The van der Waals surface area contributed by atoms with Crippen LogP contribution >= 0.6 is 11.3 Å². The average Bonchev–Trinajstić information content (AvgIpc) is 2.54. The van der Waals surface area contributed by atoms with Crippen molar-refractivity contribution in [3.8, 4) is 11.3 Å². The molecule has 0 aliphatic heterocycles. The lowest BCUT2D eigenvalue weighted by Crippen LogP contribution is -1.73. The van der Waals surface area contributed by atoms with Crippen molar-refractivity contribution in [1.82, 2.24) is 4.98 Å². The Balaban J connectivity index is 2.45. The summed E-state index contributed by atoms with van der Waals surface area (Å²) in [5.74, 6) is 0. The van der Waals surface area contributed by atoms with Gasteiger partial charge in [0.05, 0.1) is 12.6 Å². The van der Waals surface area contributed by atoms with Gasteiger partial charge in [-0.3, -0.25) is 0 Å². The van der Waals surface area contributed by atoms with Crippen LogP contribution in [0.1, 0.15) is 1.37 Å². The normalized spacial score (nSPS) is 11.1. The van der Waals surface area contributed by atoms with Crippen LogP contribution in [-0.4, -0.2) is 4.98 Å². The zero-order valence-corrected chi connectivity index (χ0v) is 6.64. The molecule has 0 atom stereocenters. The van der Waals surface area contributed by atoms with Crippen LogP contribution in [0.2, 0.25) is 0 Å². The predicted octanol–water partition coefficient (Wildman–Crippen LogP) is 2.81. The van der Waals surface area contributed by atoms with Gasteiger partial charge in [0.15, 0.2) is 0 Å². The van der Waals surface area contributed by atoms with Gasteiger partial charge in [-0.2, -0.15) is 0 Å². The molecule has 0 fully saturated rings. The molecule has 1 heterocycles. The molecule has 1 nitrogen and oxygen atoms in total. The molecule has 0 saturated heterocycles. The second kappa shape index (κ2) is 2.84. The summed E-state index contributed by atoms with van der Waals surface area (Å²) in [6.07, 6.45) is 0. The van der Waals surface area contributed by atoms with Crippen molar-refractivity contribution in [2.75, 3.05) is 0 Å². The smallest absolute Gasteiger partial charge is 0.0960 e. The second-order valence-corrected chi connectivity index (χ2v) is 2.84. The number of thiazole rings is 1. The van der Waals surface area contributed by atoms with Gasteiger partial charge in [0.1, 0.15) is 0 Å². The average molecular weight is 162 g/mol. The van der Waals surface area contributed by atoms with E-state index in [9.17, 15) is 0 Å². The van der Waals surface area contributed by atoms with Gasteiger partial charge in [0, 0.05) is 10.9 Å². The molecular formula is C9H7NS. The third kappa shape index (κ3) is 1.30. The van der Waals surface area contributed by atoms with Crippen LogP contribution in [0.5, 0.6) is 0 Å². The van der Waals surface area contributed by atoms with Gasteiger partial charge in [0.25, 0.3) is 0 Å². The monoisotopic (exact) mass is 162 g/mol. The Hall–Kier alpha value is -1.15. The predicted molar refractivity (Wildman–Crippen MR) is 47.6 cm³/mol. The summed E-state index contributed by atoms with van der Waals surface area (Å²) in [6, 6.07) is 9.90. The van der Waals surface area contributed by atoms with E-state index in [1.165, 1.54) is 11.3 Å². The molecule has 2 aromatic rings. The highest BCUT2D eigenvalue weighted by Crippen LogP contribution is 2.17. The standard InChI is InChI=1S/C9H7NS/c1-2-4-8(5-3-1)9-6-11-7-10-9/h1-7H/i7D. The van der Waals surface area contributed by atoms with Crippen molar-refractivity contribution in [3.63, 3.8) is 0 Å². The summed E-state index contributed by atoms with van der Waals surface area (Å²) in [5, 5.41) is 1.90. The van der Waals surface area contributed by atoms with Crippen molar-refractivity contribution < 1.29 is 1.37 Å². The van der Waals surface area contributed by atoms with Gasteiger partial charge < -0.3 is 0 Å². The summed E-state index contributed by atoms with van der Waals surface area (Å²) < 4.78 is 7.27. The van der Waals surface area contributed by atoms with E-state index in [2.05, 4.69) is 4.98 Å². The maximum Gasteiger partial charge on any atom is 0.0960 e. The highest BCUT2D eigenvalue weighted by atomic mass is 32.1. The Morgan fingerprint density at radius 1 is 1.27 bits per heavy atom. The largest absolute Gasteiger partial charge is 0.245 e. The van der Waals surface area contributed by atoms with Crippen LogP contribution in [0.15, 0.2) is 41.2 Å². The van der Waals surface area contributed by atoms with Crippen molar-refractivity contribution >= 4 is 11.3 Å². The Bertz CT molecular complexity index is 369. The Labute approximate surface area is 70.8 Å². The van der Waals surface area contributed by atoms with Crippen molar-refractivity contribution in [1.29, 1.82) is 0 Å². The van der Waals surface area contributed by atoms with Crippen LogP contribution < -0.4 is 0 Å². The fourth-order valence-electron chi connectivity index (χ4n) is 0.926. The molecule has 11 heavy (non-hydrogen) atoms. The summed E-state index contributed by atoms with van der Waals surface area (Å²) in [7, 11) is 0. The Kier molecular flexibility index (Phi) is 1.42. The molecule has 0 bridgehead atoms. The summed E-state index contributed by atoms with van der Waals surface area (Å²) in [4.78, 5) is 4.07. The fourth-order valence-corrected chi connectivity index (χ4v) is 1.43. The first kappa shape index (κ1) is 5.49. The second-order valence-electron chi connectivity index (χ2n) is 2.19. The summed E-state index contributed by atoms with van der Waals surface area (Å²) in [6.45, 7) is 0. The number of aromatic nitrogens is 1. The van der Waals surface area contributed by atoms with Crippen molar-refractivity contribution in [2.45, 2.75) is 0 Å². The maximum absolute atomic E-state index is 7.27. The van der Waals surface area contributed by atoms with Gasteiger partial charge in [0.2, 0.25) is 0 Å². The zero-order chi connectivity index (χ0) is 8.39. The Morgan fingerprint density at radius 3 is 2.73 bits per heavy atom. The van der Waals surface area contributed by atoms with E-state index in [0.29, 0.717) is 5.49 Å². The molecular weight excluding hydrogens is 154 g/mol. The topological polar surface area (TPSA) is 12.9 Å². The summed E-state index contributed by atoms with van der Waals surface area (Å²) >= 11 is 1.35. The molecule has 0 N–H and O–H groups in total. The first-order chi connectivity index (χ1) is 5.86. The third-order valence-corrected chi connectivity index (χ3v) is 2.00. The lowest BCUT2D eigenvalue weighted by molar-refractivity contribution is 1.41. The molecule has 0 unspecified atom stereocenters. The van der Waals surface area contributed by atoms with E-state index in [-0.39, 0.29) is 0 Å². The van der Waals surface area contributed by atoms with E-state index >= 15 is 0 Å². The molecule has 0 aliphatic carbocycles. The molecule has 2 heteroatoms. The molecule has 0 spiro atoms. The van der Waals surface area contributed by atoms with Gasteiger partial charge in [-0.25, -0.2) is 4.98 Å². The van der Waals surface area contributed by atoms with Crippen molar-refractivity contribution in [2.24, 2.45) is 0 Å². The molecule has 0 saturated carbocycles. The Morgan fingerprint density at radius 2 is 2.09 bits per heavy atom. The van der Waals surface area contributed by atoms with Crippen LogP contribution in [0.3, 0.4) is 0 Å². The highest BCUT2D eigenvalue weighted by molar-refractivity contribution is 7.07. The van der Waals surface area contributed by atoms with E-state index < -0.39 is 0 Å². The van der Waals surface area contributed by atoms with E-state index in [1.54, 1.807) is 0 Å². The number of hydrogen-bond acceptors (Lipinski definition) is 2. The molecule has 1 aromatic carbocycles. The molecule has 0 radical (unpaired) electrons.